The number of carbonyl (C=O) groups is 1. The Morgan fingerprint density at radius 2 is 2.04 bits per heavy atom. The first kappa shape index (κ1) is 16.5. The molecule has 126 valence electrons. The third kappa shape index (κ3) is 4.55. The molecule has 0 saturated carbocycles. The van der Waals surface area contributed by atoms with Crippen molar-refractivity contribution >= 4 is 6.03 Å². The molecule has 2 N–H and O–H groups in total. The number of aryl methyl sites for hydroxylation is 1. The lowest BCUT2D eigenvalue weighted by Crippen LogP contribution is -2.45. The minimum atomic E-state index is -0.147. The Hall–Kier alpha value is -2.40. The zero-order valence-corrected chi connectivity index (χ0v) is 13.9. The van der Waals surface area contributed by atoms with Crippen LogP contribution in [0.15, 0.2) is 48.8 Å². The van der Waals surface area contributed by atoms with Crippen LogP contribution in [0.25, 0.3) is 0 Å². The quantitative estimate of drug-likeness (QED) is 0.887. The molecule has 2 atom stereocenters. The number of nitrogens with zero attached hydrogens (tertiary/aromatic N) is 1. The van der Waals surface area contributed by atoms with Gasteiger partial charge in [-0.2, -0.15) is 0 Å². The Morgan fingerprint density at radius 1 is 1.21 bits per heavy atom. The molecule has 2 aromatic rings. The van der Waals surface area contributed by atoms with Crippen molar-refractivity contribution in [2.24, 2.45) is 5.92 Å². The Morgan fingerprint density at radius 3 is 2.83 bits per heavy atom. The molecule has 1 aromatic carbocycles. The number of nitrogens with one attached hydrogen (secondary N) is 2. The maximum atomic E-state index is 12.2. The largest absolute Gasteiger partial charge is 0.379 e. The van der Waals surface area contributed by atoms with Gasteiger partial charge in [-0.25, -0.2) is 4.79 Å². The molecule has 1 fully saturated rings. The average molecular weight is 325 g/mol. The van der Waals surface area contributed by atoms with Crippen LogP contribution in [0, 0.1) is 12.8 Å². The summed E-state index contributed by atoms with van der Waals surface area (Å²) in [6.45, 7) is 3.80. The fraction of sp³-hybridized carbons (Fsp3) is 0.368. The summed E-state index contributed by atoms with van der Waals surface area (Å²) >= 11 is 0. The molecule has 0 bridgehead atoms. The summed E-state index contributed by atoms with van der Waals surface area (Å²) in [6.07, 6.45) is 4.47. The highest BCUT2D eigenvalue weighted by molar-refractivity contribution is 5.74. The van der Waals surface area contributed by atoms with Crippen molar-refractivity contribution in [1.82, 2.24) is 15.6 Å². The van der Waals surface area contributed by atoms with Crippen molar-refractivity contribution in [2.45, 2.75) is 25.9 Å². The molecule has 5 heteroatoms. The monoisotopic (exact) mass is 325 g/mol. The van der Waals surface area contributed by atoms with E-state index in [1.807, 2.05) is 37.3 Å². The number of benzene rings is 1. The zero-order chi connectivity index (χ0) is 16.8. The zero-order valence-electron chi connectivity index (χ0n) is 13.9. The molecule has 1 aliphatic heterocycles. The number of pyridine rings is 1. The molecule has 0 unspecified atom stereocenters. The molecule has 1 aromatic heterocycles. The maximum absolute atomic E-state index is 12.2. The summed E-state index contributed by atoms with van der Waals surface area (Å²) in [7, 11) is 0. The molecule has 24 heavy (non-hydrogen) atoms. The highest BCUT2D eigenvalue weighted by Crippen LogP contribution is 2.18. The molecule has 0 spiro atoms. The lowest BCUT2D eigenvalue weighted by Gasteiger charge is -2.19. The van der Waals surface area contributed by atoms with Crippen LogP contribution >= 0.6 is 0 Å². The number of aromatic nitrogens is 1. The lowest BCUT2D eigenvalue weighted by atomic mass is 9.95. The Kier molecular flexibility index (Phi) is 5.43. The molecule has 0 aliphatic carbocycles. The smallest absolute Gasteiger partial charge is 0.315 e. The van der Waals surface area contributed by atoms with E-state index in [1.54, 1.807) is 12.4 Å². The third-order valence-corrected chi connectivity index (χ3v) is 4.30. The SMILES string of the molecule is Cc1cccc(CNC(=O)N[C@H]2COC[C@H]2Cc2ccncc2)c1. The molecule has 1 saturated heterocycles. The second-order valence-electron chi connectivity index (χ2n) is 6.28. The minimum absolute atomic E-state index is 0.0377. The van der Waals surface area contributed by atoms with E-state index in [-0.39, 0.29) is 18.0 Å². The number of urea groups is 1. The summed E-state index contributed by atoms with van der Waals surface area (Å²) in [4.78, 5) is 16.2. The highest BCUT2D eigenvalue weighted by atomic mass is 16.5. The van der Waals surface area contributed by atoms with Crippen molar-refractivity contribution in [3.05, 3.63) is 65.5 Å². The van der Waals surface area contributed by atoms with E-state index in [0.29, 0.717) is 19.8 Å². The van der Waals surface area contributed by atoms with Crippen molar-refractivity contribution in [2.75, 3.05) is 13.2 Å². The third-order valence-electron chi connectivity index (χ3n) is 4.30. The van der Waals surface area contributed by atoms with E-state index < -0.39 is 0 Å². The maximum Gasteiger partial charge on any atom is 0.315 e. The van der Waals surface area contributed by atoms with Gasteiger partial charge in [-0.15, -0.1) is 0 Å². The van der Waals surface area contributed by atoms with Gasteiger partial charge < -0.3 is 15.4 Å². The van der Waals surface area contributed by atoms with Crippen molar-refractivity contribution in [3.8, 4) is 0 Å². The van der Waals surface area contributed by atoms with Crippen LogP contribution in [0.3, 0.4) is 0 Å². The van der Waals surface area contributed by atoms with Crippen LogP contribution in [-0.4, -0.2) is 30.3 Å². The van der Waals surface area contributed by atoms with Gasteiger partial charge in [0.05, 0.1) is 19.3 Å². The van der Waals surface area contributed by atoms with E-state index in [9.17, 15) is 4.79 Å². The molecule has 2 amide bonds. The predicted molar refractivity (Wildman–Crippen MR) is 92.6 cm³/mol. The van der Waals surface area contributed by atoms with Crippen molar-refractivity contribution in [3.63, 3.8) is 0 Å². The fourth-order valence-electron chi connectivity index (χ4n) is 3.00. The molecule has 1 aliphatic rings. The summed E-state index contributed by atoms with van der Waals surface area (Å²) in [5.74, 6) is 0.289. The van der Waals surface area contributed by atoms with Crippen LogP contribution in [0.5, 0.6) is 0 Å². The first-order valence-electron chi connectivity index (χ1n) is 8.27. The van der Waals surface area contributed by atoms with Gasteiger partial charge in [0, 0.05) is 24.9 Å². The van der Waals surface area contributed by atoms with Crippen LogP contribution < -0.4 is 10.6 Å². The van der Waals surface area contributed by atoms with Gasteiger partial charge in [0.1, 0.15) is 0 Å². The first-order valence-corrected chi connectivity index (χ1v) is 8.27. The van der Waals surface area contributed by atoms with Gasteiger partial charge in [-0.3, -0.25) is 4.98 Å². The minimum Gasteiger partial charge on any atom is -0.379 e. The van der Waals surface area contributed by atoms with E-state index in [4.69, 9.17) is 4.74 Å². The summed E-state index contributed by atoms with van der Waals surface area (Å²) in [6, 6.07) is 12.0. The Bertz CT molecular complexity index is 675. The number of hydrogen-bond acceptors (Lipinski definition) is 3. The summed E-state index contributed by atoms with van der Waals surface area (Å²) < 4.78 is 5.56. The van der Waals surface area contributed by atoms with Gasteiger partial charge in [0.15, 0.2) is 0 Å². The van der Waals surface area contributed by atoms with Gasteiger partial charge in [-0.05, 0) is 36.6 Å². The number of rotatable bonds is 5. The lowest BCUT2D eigenvalue weighted by molar-refractivity contribution is 0.182. The van der Waals surface area contributed by atoms with Crippen LogP contribution in [0.2, 0.25) is 0 Å². The number of amides is 2. The molecule has 2 heterocycles. The van der Waals surface area contributed by atoms with Gasteiger partial charge in [0.25, 0.3) is 0 Å². The predicted octanol–water partition coefficient (Wildman–Crippen LogP) is 2.45. The van der Waals surface area contributed by atoms with Gasteiger partial charge >= 0.3 is 6.03 Å². The van der Waals surface area contributed by atoms with Crippen LogP contribution in [0.4, 0.5) is 4.79 Å². The highest BCUT2D eigenvalue weighted by Gasteiger charge is 2.29. The number of carbonyl (C=O) groups excluding carboxylic acids is 1. The first-order chi connectivity index (χ1) is 11.7. The van der Waals surface area contributed by atoms with Crippen molar-refractivity contribution < 1.29 is 9.53 Å². The van der Waals surface area contributed by atoms with E-state index in [2.05, 4.69) is 21.7 Å². The summed E-state index contributed by atoms with van der Waals surface area (Å²) in [5, 5.41) is 5.97. The molecule has 5 nitrogen and oxygen atoms in total. The molecular weight excluding hydrogens is 302 g/mol. The van der Waals surface area contributed by atoms with E-state index >= 15 is 0 Å². The number of hydrogen-bond donors (Lipinski definition) is 2. The normalized spacial score (nSPS) is 19.9. The van der Waals surface area contributed by atoms with Crippen LogP contribution in [0.1, 0.15) is 16.7 Å². The van der Waals surface area contributed by atoms with Crippen LogP contribution in [-0.2, 0) is 17.7 Å². The summed E-state index contributed by atoms with van der Waals surface area (Å²) in [5.41, 5.74) is 3.50. The van der Waals surface area contributed by atoms with Gasteiger partial charge in [-0.1, -0.05) is 29.8 Å². The average Bonchev–Trinajstić information content (AvgIpc) is 3.01. The fourth-order valence-corrected chi connectivity index (χ4v) is 3.00. The molecule has 0 radical (unpaired) electrons. The Labute approximate surface area is 142 Å². The van der Waals surface area contributed by atoms with Gasteiger partial charge in [0.2, 0.25) is 0 Å². The van der Waals surface area contributed by atoms with E-state index in [1.165, 1.54) is 11.1 Å². The Balaban J connectivity index is 1.49. The number of ether oxygens (including phenoxy) is 1. The molecule has 3 rings (SSSR count). The second-order valence-corrected chi connectivity index (χ2v) is 6.28. The standard InChI is InChI=1S/C19H23N3O2/c1-14-3-2-4-16(9-14)11-21-19(23)22-18-13-24-12-17(18)10-15-5-7-20-8-6-15/h2-9,17-18H,10-13H2,1H3,(H2,21,22,23)/t17-,18+/m1/s1. The van der Waals surface area contributed by atoms with Crippen molar-refractivity contribution in [1.29, 1.82) is 0 Å². The van der Waals surface area contributed by atoms with E-state index in [0.717, 1.165) is 12.0 Å². The molecular formula is C19H23N3O2. The second kappa shape index (κ2) is 7.93. The topological polar surface area (TPSA) is 63.2 Å².